The van der Waals surface area contributed by atoms with Gasteiger partial charge in [-0.15, -0.1) is 0 Å². The van der Waals surface area contributed by atoms with Crippen LogP contribution in [0.4, 0.5) is 0 Å². The molecule has 0 N–H and O–H groups in total. The quantitative estimate of drug-likeness (QED) is 0.635. The number of nitrogens with zero attached hydrogens (tertiary/aromatic N) is 1. The molecule has 2 atom stereocenters. The van der Waals surface area contributed by atoms with E-state index in [4.69, 9.17) is 0 Å². The largest absolute Gasteiger partial charge is 0.298 e. The van der Waals surface area contributed by atoms with Crippen molar-refractivity contribution in [1.82, 2.24) is 4.90 Å². The van der Waals surface area contributed by atoms with Gasteiger partial charge in [0.2, 0.25) is 0 Å². The fourth-order valence-corrected chi connectivity index (χ4v) is 2.60. The minimum absolute atomic E-state index is 0.725. The summed E-state index contributed by atoms with van der Waals surface area (Å²) in [6.07, 6.45) is 2.80. The molecule has 1 aliphatic rings. The first-order valence-electron chi connectivity index (χ1n) is 5.78. The van der Waals surface area contributed by atoms with Crippen molar-refractivity contribution in [2.45, 2.75) is 59.5 Å². The van der Waals surface area contributed by atoms with Crippen LogP contribution in [0.15, 0.2) is 0 Å². The Morgan fingerprint density at radius 3 is 2.15 bits per heavy atom. The average molecular weight is 183 g/mol. The molecule has 0 radical (unpaired) electrons. The Kier molecular flexibility index (Phi) is 3.78. The predicted octanol–water partition coefficient (Wildman–Crippen LogP) is 3.15. The fraction of sp³-hybridized carbons (Fsp3) is 1.00. The van der Waals surface area contributed by atoms with Gasteiger partial charge in [0.15, 0.2) is 0 Å². The Hall–Kier alpha value is -0.0400. The minimum atomic E-state index is 0.725. The van der Waals surface area contributed by atoms with E-state index >= 15 is 0 Å². The summed E-state index contributed by atoms with van der Waals surface area (Å²) in [6.45, 7) is 13.0. The number of hydrogen-bond donors (Lipinski definition) is 0. The summed E-state index contributed by atoms with van der Waals surface area (Å²) in [6, 6.07) is 1.52. The maximum Gasteiger partial charge on any atom is 0.00723 e. The molecule has 13 heavy (non-hydrogen) atoms. The number of likely N-dealkylation sites (tertiary alicyclic amines) is 1. The second-order valence-electron chi connectivity index (χ2n) is 5.21. The van der Waals surface area contributed by atoms with E-state index in [-0.39, 0.29) is 0 Å². The van der Waals surface area contributed by atoms with Crippen molar-refractivity contribution in [3.8, 4) is 0 Å². The summed E-state index contributed by atoms with van der Waals surface area (Å²) < 4.78 is 0. The molecule has 0 aromatic carbocycles. The van der Waals surface area contributed by atoms with E-state index < -0.39 is 0 Å². The lowest BCUT2D eigenvalue weighted by Gasteiger charge is -2.41. The van der Waals surface area contributed by atoms with E-state index in [1.54, 1.807) is 0 Å². The first-order chi connectivity index (χ1) is 6.02. The zero-order chi connectivity index (χ0) is 10.0. The van der Waals surface area contributed by atoms with Crippen LogP contribution in [0.1, 0.15) is 47.5 Å². The second-order valence-corrected chi connectivity index (χ2v) is 5.21. The summed E-state index contributed by atoms with van der Waals surface area (Å²) in [5.41, 5.74) is 0. The van der Waals surface area contributed by atoms with Crippen LogP contribution in [-0.4, -0.2) is 23.5 Å². The molecule has 1 nitrogen and oxygen atoms in total. The van der Waals surface area contributed by atoms with Gasteiger partial charge in [-0.1, -0.05) is 13.8 Å². The van der Waals surface area contributed by atoms with E-state index in [1.165, 1.54) is 19.4 Å². The third-order valence-corrected chi connectivity index (χ3v) is 3.57. The van der Waals surface area contributed by atoms with Crippen LogP contribution in [0, 0.1) is 11.8 Å². The van der Waals surface area contributed by atoms with Gasteiger partial charge in [0.05, 0.1) is 0 Å². The van der Waals surface area contributed by atoms with Crippen molar-refractivity contribution >= 4 is 0 Å². The second kappa shape index (κ2) is 4.45. The lowest BCUT2D eigenvalue weighted by Crippen LogP contribution is -2.45. The van der Waals surface area contributed by atoms with Crippen molar-refractivity contribution in [2.24, 2.45) is 11.8 Å². The van der Waals surface area contributed by atoms with Crippen molar-refractivity contribution in [3.63, 3.8) is 0 Å². The van der Waals surface area contributed by atoms with Crippen LogP contribution >= 0.6 is 0 Å². The Morgan fingerprint density at radius 1 is 1.15 bits per heavy atom. The summed E-state index contributed by atoms with van der Waals surface area (Å²) in [5.74, 6) is 1.83. The molecule has 1 aliphatic heterocycles. The van der Waals surface area contributed by atoms with E-state index in [1.807, 2.05) is 0 Å². The molecule has 1 saturated heterocycles. The molecule has 0 amide bonds. The third-order valence-electron chi connectivity index (χ3n) is 3.57. The van der Waals surface area contributed by atoms with Gasteiger partial charge in [0.1, 0.15) is 0 Å². The Morgan fingerprint density at radius 2 is 1.77 bits per heavy atom. The summed E-state index contributed by atoms with van der Waals surface area (Å²) in [4.78, 5) is 2.64. The van der Waals surface area contributed by atoms with Gasteiger partial charge < -0.3 is 0 Å². The molecule has 1 heterocycles. The van der Waals surface area contributed by atoms with E-state index in [2.05, 4.69) is 39.5 Å². The molecule has 1 fully saturated rings. The zero-order valence-electron chi connectivity index (χ0n) is 9.88. The highest BCUT2D eigenvalue weighted by molar-refractivity contribution is 4.81. The molecule has 0 spiro atoms. The highest BCUT2D eigenvalue weighted by Crippen LogP contribution is 2.29. The number of piperidine rings is 1. The molecule has 1 heteroatoms. The van der Waals surface area contributed by atoms with Crippen LogP contribution in [0.2, 0.25) is 0 Å². The van der Waals surface area contributed by atoms with Crippen LogP contribution in [0.5, 0.6) is 0 Å². The minimum Gasteiger partial charge on any atom is -0.298 e. The molecule has 0 bridgehead atoms. The first kappa shape index (κ1) is 11.0. The first-order valence-corrected chi connectivity index (χ1v) is 5.78. The summed E-state index contributed by atoms with van der Waals surface area (Å²) in [7, 11) is 0. The molecule has 1 rings (SSSR count). The predicted molar refractivity (Wildman–Crippen MR) is 58.9 cm³/mol. The zero-order valence-corrected chi connectivity index (χ0v) is 9.88. The topological polar surface area (TPSA) is 3.24 Å². The van der Waals surface area contributed by atoms with E-state index in [9.17, 15) is 0 Å². The molecule has 0 aliphatic carbocycles. The number of rotatable bonds is 2. The maximum absolute atomic E-state index is 2.64. The van der Waals surface area contributed by atoms with Crippen molar-refractivity contribution in [3.05, 3.63) is 0 Å². The van der Waals surface area contributed by atoms with Crippen LogP contribution in [0.3, 0.4) is 0 Å². The van der Waals surface area contributed by atoms with Gasteiger partial charge in [-0.3, -0.25) is 4.90 Å². The van der Waals surface area contributed by atoms with Crippen molar-refractivity contribution in [1.29, 1.82) is 0 Å². The smallest absolute Gasteiger partial charge is 0.00723 e. The average Bonchev–Trinajstić information content (AvgIpc) is 2.03. The molecule has 0 aromatic heterocycles. The van der Waals surface area contributed by atoms with E-state index in [0.717, 1.165) is 23.9 Å². The third kappa shape index (κ3) is 2.70. The van der Waals surface area contributed by atoms with Gasteiger partial charge in [0, 0.05) is 12.1 Å². The molecule has 2 unspecified atom stereocenters. The fourth-order valence-electron chi connectivity index (χ4n) is 2.60. The lowest BCUT2D eigenvalue weighted by atomic mass is 9.83. The van der Waals surface area contributed by atoms with Gasteiger partial charge >= 0.3 is 0 Å². The van der Waals surface area contributed by atoms with Crippen LogP contribution in [0.25, 0.3) is 0 Å². The Labute approximate surface area is 83.5 Å². The Bertz CT molecular complexity index is 151. The molecule has 0 saturated carbocycles. The highest BCUT2D eigenvalue weighted by atomic mass is 15.2. The van der Waals surface area contributed by atoms with Crippen molar-refractivity contribution in [2.75, 3.05) is 6.54 Å². The van der Waals surface area contributed by atoms with Gasteiger partial charge in [-0.2, -0.15) is 0 Å². The molecule has 78 valence electrons. The van der Waals surface area contributed by atoms with Crippen LogP contribution in [-0.2, 0) is 0 Å². The monoisotopic (exact) mass is 183 g/mol. The molecular weight excluding hydrogens is 158 g/mol. The molecule has 0 aromatic rings. The van der Waals surface area contributed by atoms with Gasteiger partial charge in [0.25, 0.3) is 0 Å². The standard InChI is InChI=1S/C12H25N/c1-9(2)12-6-7-13(10(3)4)11(5)8-12/h9-12H,6-8H2,1-5H3. The lowest BCUT2D eigenvalue weighted by molar-refractivity contribution is 0.0764. The van der Waals surface area contributed by atoms with Gasteiger partial charge in [-0.25, -0.2) is 0 Å². The summed E-state index contributed by atoms with van der Waals surface area (Å²) >= 11 is 0. The SMILES string of the molecule is CC(C)C1CCN(C(C)C)C(C)C1. The normalized spacial score (nSPS) is 31.6. The van der Waals surface area contributed by atoms with Crippen LogP contribution < -0.4 is 0 Å². The molecular formula is C12H25N. The van der Waals surface area contributed by atoms with Gasteiger partial charge in [-0.05, 0) is 52.0 Å². The highest BCUT2D eigenvalue weighted by Gasteiger charge is 2.28. The summed E-state index contributed by atoms with van der Waals surface area (Å²) in [5, 5.41) is 0. The Balaban J connectivity index is 2.46. The number of hydrogen-bond acceptors (Lipinski definition) is 1. The van der Waals surface area contributed by atoms with Crippen molar-refractivity contribution < 1.29 is 0 Å². The maximum atomic E-state index is 2.64. The van der Waals surface area contributed by atoms with E-state index in [0.29, 0.717) is 0 Å².